The lowest BCUT2D eigenvalue weighted by Gasteiger charge is -2.35. The molecule has 592 valence electrons. The number of anilines is 6. The Kier molecular flexibility index (Phi) is 17.8. The van der Waals surface area contributed by atoms with Gasteiger partial charge >= 0.3 is 0 Å². The van der Waals surface area contributed by atoms with Crippen LogP contribution in [0.15, 0.2) is 490 Å². The molecule has 4 aromatic heterocycles. The molecule has 0 amide bonds. The van der Waals surface area contributed by atoms with Crippen LogP contribution >= 0.6 is 11.3 Å². The zero-order chi connectivity index (χ0) is 83.2. The molecule has 5 nitrogen and oxygen atoms in total. The zero-order valence-corrected chi connectivity index (χ0v) is 69.6. The highest BCUT2D eigenvalue weighted by Gasteiger charge is 2.48. The summed E-state index contributed by atoms with van der Waals surface area (Å²) >= 11 is 1.90. The second-order valence-corrected chi connectivity index (χ2v) is 33.8. The standard InChI is InChI=1S/C63H42N2S.C57H38N2O/c1-4-18-43(19-5-1)44-34-38-49(39-35-44)64(51-25-16-22-47(42-51)63(46-20-6-2-7-21-46)57-31-13-10-26-53(57)54-27-11-14-32-58(54)63)50-40-36-45(37-41-50)52-29-17-30-56-60-62(66-61(52)56)55-28-12-15-33-59(55)65(60)48-23-8-3-9-24-48;1-4-18-40(19-5-1)57(51-31-13-10-26-47(51)48-27-11-14-32-52(48)57)41-20-16-25-45(38-41)58(42-21-6-2-7-22-42)44-36-34-39(35-37-44)46-29-17-30-50-54-56(60-55(46)50)49-28-12-15-33-53(49)59(54)43-23-8-3-9-24-43/h1-42H;1-38H. The van der Waals surface area contributed by atoms with Gasteiger partial charge in [-0.05, 0) is 216 Å². The van der Waals surface area contributed by atoms with Crippen LogP contribution in [-0.4, -0.2) is 9.13 Å². The van der Waals surface area contributed by atoms with Crippen LogP contribution in [0.2, 0.25) is 0 Å². The van der Waals surface area contributed by atoms with Gasteiger partial charge in [0.25, 0.3) is 0 Å². The van der Waals surface area contributed by atoms with Gasteiger partial charge in [0.05, 0.1) is 32.1 Å². The monoisotopic (exact) mass is 1620 g/mol. The average molecular weight is 1630 g/mol. The van der Waals surface area contributed by atoms with Crippen LogP contribution in [0.4, 0.5) is 34.1 Å². The first kappa shape index (κ1) is 73.8. The molecule has 19 aromatic carbocycles. The van der Waals surface area contributed by atoms with Gasteiger partial charge in [-0.25, -0.2) is 0 Å². The fourth-order valence-electron chi connectivity index (χ4n) is 20.8. The highest BCUT2D eigenvalue weighted by Crippen LogP contribution is 2.60. The van der Waals surface area contributed by atoms with E-state index in [-0.39, 0.29) is 0 Å². The van der Waals surface area contributed by atoms with E-state index in [1.165, 1.54) is 126 Å². The van der Waals surface area contributed by atoms with E-state index in [1.54, 1.807) is 0 Å². The first-order valence-corrected chi connectivity index (χ1v) is 44.1. The Hall–Kier alpha value is -16.1. The van der Waals surface area contributed by atoms with Crippen LogP contribution in [0, 0.1) is 0 Å². The topological polar surface area (TPSA) is 29.5 Å². The molecule has 2 aliphatic rings. The molecular weight excluding hydrogens is 1550 g/mol. The zero-order valence-electron chi connectivity index (χ0n) is 68.8. The first-order chi connectivity index (χ1) is 62.5. The highest BCUT2D eigenvalue weighted by atomic mass is 32.1. The molecular formula is C120H80N4OS. The Balaban J connectivity index is 0.000000142. The van der Waals surface area contributed by atoms with E-state index in [4.69, 9.17) is 4.42 Å². The maximum Gasteiger partial charge on any atom is 0.161 e. The molecule has 0 fully saturated rings. The summed E-state index contributed by atoms with van der Waals surface area (Å²) in [5, 5.41) is 4.76. The van der Waals surface area contributed by atoms with Gasteiger partial charge in [0.1, 0.15) is 11.1 Å². The van der Waals surface area contributed by atoms with Gasteiger partial charge < -0.3 is 23.4 Å². The van der Waals surface area contributed by atoms with Crippen LogP contribution in [0.5, 0.6) is 0 Å². The molecule has 6 heteroatoms. The Bertz CT molecular complexity index is 7960. The summed E-state index contributed by atoms with van der Waals surface area (Å²) in [5.74, 6) is 0. The van der Waals surface area contributed by atoms with Crippen molar-refractivity contribution < 1.29 is 4.42 Å². The van der Waals surface area contributed by atoms with Crippen LogP contribution in [-0.2, 0) is 10.8 Å². The fraction of sp³-hybridized carbons (Fsp3) is 0.0167. The summed E-state index contributed by atoms with van der Waals surface area (Å²) < 4.78 is 14.3. The summed E-state index contributed by atoms with van der Waals surface area (Å²) in [7, 11) is 0. The highest BCUT2D eigenvalue weighted by molar-refractivity contribution is 7.27. The van der Waals surface area contributed by atoms with Gasteiger partial charge in [0.15, 0.2) is 5.58 Å². The molecule has 0 bridgehead atoms. The number of aromatic nitrogens is 2. The largest absolute Gasteiger partial charge is 0.453 e. The average Bonchev–Trinajstić information content (AvgIpc) is 1.55. The van der Waals surface area contributed by atoms with E-state index >= 15 is 0 Å². The number of benzene rings is 19. The van der Waals surface area contributed by atoms with E-state index < -0.39 is 10.8 Å². The minimum absolute atomic E-state index is 0.491. The van der Waals surface area contributed by atoms with Gasteiger partial charge in [0, 0.05) is 77.3 Å². The normalized spacial score (nSPS) is 12.7. The quantitative estimate of drug-likeness (QED) is 0.102. The molecule has 0 saturated heterocycles. The van der Waals surface area contributed by atoms with Gasteiger partial charge in [0.2, 0.25) is 0 Å². The predicted octanol–water partition coefficient (Wildman–Crippen LogP) is 32.2. The second-order valence-electron chi connectivity index (χ2n) is 32.8. The van der Waals surface area contributed by atoms with Crippen molar-refractivity contribution in [2.75, 3.05) is 9.80 Å². The van der Waals surface area contributed by atoms with Crippen LogP contribution in [0.1, 0.15) is 44.5 Å². The Morgan fingerprint density at radius 3 is 1.02 bits per heavy atom. The van der Waals surface area contributed by atoms with Crippen LogP contribution in [0.3, 0.4) is 0 Å². The Labute approximate surface area is 735 Å². The lowest BCUT2D eigenvalue weighted by molar-refractivity contribution is 0.674. The molecule has 23 aromatic rings. The van der Waals surface area contributed by atoms with Gasteiger partial charge in [-0.1, -0.05) is 364 Å². The Morgan fingerprint density at radius 2 is 0.532 bits per heavy atom. The van der Waals surface area contributed by atoms with Gasteiger partial charge in [-0.15, -0.1) is 11.3 Å². The van der Waals surface area contributed by atoms with E-state index in [1.807, 2.05) is 11.3 Å². The molecule has 25 rings (SSSR count). The molecule has 0 N–H and O–H groups in total. The van der Waals surface area contributed by atoms with Crippen molar-refractivity contribution >= 4 is 110 Å². The summed E-state index contributed by atoms with van der Waals surface area (Å²) in [4.78, 5) is 4.79. The smallest absolute Gasteiger partial charge is 0.161 e. The number of furan rings is 1. The van der Waals surface area contributed by atoms with E-state index in [2.05, 4.69) is 504 Å². The van der Waals surface area contributed by atoms with Crippen molar-refractivity contribution in [3.05, 3.63) is 530 Å². The number of hydrogen-bond acceptors (Lipinski definition) is 4. The number of thiophene rings is 1. The maximum absolute atomic E-state index is 6.90. The number of hydrogen-bond donors (Lipinski definition) is 0. The van der Waals surface area contributed by atoms with Crippen LogP contribution < -0.4 is 9.80 Å². The van der Waals surface area contributed by atoms with Gasteiger partial charge in [-0.3, -0.25) is 0 Å². The van der Waals surface area contributed by atoms with Crippen molar-refractivity contribution in [1.29, 1.82) is 0 Å². The first-order valence-electron chi connectivity index (χ1n) is 43.3. The van der Waals surface area contributed by atoms with E-state index in [0.29, 0.717) is 0 Å². The molecule has 4 heterocycles. The van der Waals surface area contributed by atoms with Crippen molar-refractivity contribution in [3.63, 3.8) is 0 Å². The molecule has 0 spiro atoms. The molecule has 0 atom stereocenters. The minimum atomic E-state index is -0.507. The van der Waals surface area contributed by atoms with Crippen LogP contribution in [0.25, 0.3) is 131 Å². The van der Waals surface area contributed by atoms with E-state index in [9.17, 15) is 0 Å². The third-order valence-corrected chi connectivity index (χ3v) is 27.4. The van der Waals surface area contributed by atoms with Crippen molar-refractivity contribution in [2.24, 2.45) is 0 Å². The number of nitrogens with zero attached hydrogens (tertiary/aromatic N) is 4. The molecule has 126 heavy (non-hydrogen) atoms. The minimum Gasteiger partial charge on any atom is -0.453 e. The number of fused-ring (bicyclic) bond motifs is 16. The molecule has 0 aliphatic heterocycles. The Morgan fingerprint density at radius 1 is 0.206 bits per heavy atom. The van der Waals surface area contributed by atoms with Crippen molar-refractivity contribution in [3.8, 4) is 67.0 Å². The lowest BCUT2D eigenvalue weighted by Crippen LogP contribution is -2.28. The summed E-state index contributed by atoms with van der Waals surface area (Å²) in [6.07, 6.45) is 0. The maximum atomic E-state index is 6.90. The van der Waals surface area contributed by atoms with Crippen molar-refractivity contribution in [1.82, 2.24) is 9.13 Å². The van der Waals surface area contributed by atoms with Gasteiger partial charge in [-0.2, -0.15) is 0 Å². The third kappa shape index (κ3) is 11.7. The fourth-order valence-corrected chi connectivity index (χ4v) is 22.1. The summed E-state index contributed by atoms with van der Waals surface area (Å²) in [6, 6.07) is 177. The predicted molar refractivity (Wildman–Crippen MR) is 527 cm³/mol. The lowest BCUT2D eigenvalue weighted by atomic mass is 9.67. The summed E-state index contributed by atoms with van der Waals surface area (Å²) in [6.45, 7) is 0. The SMILES string of the molecule is c1ccc(-c2ccc(N(c3ccc(-c4cccc5c4sc4c6ccccc6n(-c6ccccc6)c54)cc3)c3cccc(C4(c5ccccc5)c5ccccc5-c5ccccc54)c3)cc2)cc1.c1ccc(N(c2ccc(-c3cccc4c3oc3c5ccccc5n(-c5ccccc5)c43)cc2)c2cccc(C3(c4ccccc4)c4ccccc4-c4ccccc43)c2)cc1. The molecule has 2 aliphatic carbocycles. The van der Waals surface area contributed by atoms with Crippen molar-refractivity contribution in [2.45, 2.75) is 10.8 Å². The van der Waals surface area contributed by atoms with E-state index in [0.717, 1.165) is 83.9 Å². The number of para-hydroxylation sites is 6. The summed E-state index contributed by atoms with van der Waals surface area (Å²) in [5.41, 5.74) is 36.7. The second kappa shape index (κ2) is 30.5. The third-order valence-electron chi connectivity index (χ3n) is 26.1. The molecule has 0 unspecified atom stereocenters. The molecule has 0 radical (unpaired) electrons. The molecule has 0 saturated carbocycles. The number of rotatable bonds is 15.